The maximum atomic E-state index is 12.1. The Morgan fingerprint density at radius 3 is 2.67 bits per heavy atom. The first-order valence-electron chi connectivity index (χ1n) is 3.05. The summed E-state index contributed by atoms with van der Waals surface area (Å²) in [7, 11) is 0. The zero-order valence-corrected chi connectivity index (χ0v) is 7.38. The Labute approximate surface area is 75.7 Å². The number of aldehydes is 1. The van der Waals surface area contributed by atoms with Crippen molar-refractivity contribution in [2.24, 2.45) is 0 Å². The third-order valence-electron chi connectivity index (χ3n) is 1.27. The molecule has 0 unspecified atom stereocenters. The zero-order chi connectivity index (χ0) is 9.14. The summed E-state index contributed by atoms with van der Waals surface area (Å²) < 4.78 is 24.6. The molecule has 0 spiro atoms. The summed E-state index contributed by atoms with van der Waals surface area (Å²) in [6, 6.07) is 2.54. The van der Waals surface area contributed by atoms with Crippen molar-refractivity contribution in [1.29, 1.82) is 0 Å². The minimum absolute atomic E-state index is 0.223. The Balaban J connectivity index is 3.20. The molecule has 1 heterocycles. The van der Waals surface area contributed by atoms with Crippen molar-refractivity contribution in [3.05, 3.63) is 28.0 Å². The van der Waals surface area contributed by atoms with Crippen LogP contribution in [0.5, 0.6) is 0 Å². The van der Waals surface area contributed by atoms with Crippen LogP contribution in [0.15, 0.2) is 16.7 Å². The summed E-state index contributed by atoms with van der Waals surface area (Å²) in [6.07, 6.45) is -2.35. The number of rotatable bonds is 2. The summed E-state index contributed by atoms with van der Waals surface area (Å²) >= 11 is 2.97. The lowest BCUT2D eigenvalue weighted by Crippen LogP contribution is -1.96. The van der Waals surface area contributed by atoms with E-state index in [0.717, 1.165) is 0 Å². The summed E-state index contributed by atoms with van der Waals surface area (Å²) in [4.78, 5) is 13.8. The van der Waals surface area contributed by atoms with Crippen molar-refractivity contribution in [3.8, 4) is 0 Å². The maximum absolute atomic E-state index is 12.1. The number of aromatic nitrogens is 1. The molecule has 0 amide bonds. The van der Waals surface area contributed by atoms with Gasteiger partial charge in [-0.3, -0.25) is 4.79 Å². The smallest absolute Gasteiger partial charge is 0.266 e. The first kappa shape index (κ1) is 9.25. The zero-order valence-electron chi connectivity index (χ0n) is 5.80. The van der Waals surface area contributed by atoms with Gasteiger partial charge in [-0.1, -0.05) is 0 Å². The average Bonchev–Trinajstić information content (AvgIpc) is 2.03. The predicted octanol–water partition coefficient (Wildman–Crippen LogP) is 2.59. The first-order chi connectivity index (χ1) is 5.65. The molecule has 1 rings (SSSR count). The summed E-state index contributed by atoms with van der Waals surface area (Å²) in [6.45, 7) is 0. The molecule has 0 saturated carbocycles. The fourth-order valence-corrected chi connectivity index (χ4v) is 1.06. The van der Waals surface area contributed by atoms with E-state index in [9.17, 15) is 13.6 Å². The minimum atomic E-state index is -2.66. The predicted molar refractivity (Wildman–Crippen MR) is 42.3 cm³/mol. The van der Waals surface area contributed by atoms with E-state index in [1.807, 2.05) is 0 Å². The van der Waals surface area contributed by atoms with Crippen LogP contribution in [0.3, 0.4) is 0 Å². The molecule has 0 fully saturated rings. The topological polar surface area (TPSA) is 30.0 Å². The molecule has 64 valence electrons. The fourth-order valence-electron chi connectivity index (χ4n) is 0.740. The van der Waals surface area contributed by atoms with Crippen LogP contribution in [-0.2, 0) is 0 Å². The maximum Gasteiger partial charge on any atom is 0.266 e. The first-order valence-corrected chi connectivity index (χ1v) is 3.84. The van der Waals surface area contributed by atoms with E-state index in [4.69, 9.17) is 0 Å². The van der Waals surface area contributed by atoms with Gasteiger partial charge in [0, 0.05) is 5.56 Å². The van der Waals surface area contributed by atoms with Crippen molar-refractivity contribution < 1.29 is 13.6 Å². The second-order valence-electron chi connectivity index (χ2n) is 2.03. The van der Waals surface area contributed by atoms with Gasteiger partial charge < -0.3 is 0 Å². The highest BCUT2D eigenvalue weighted by Gasteiger charge is 2.13. The van der Waals surface area contributed by atoms with E-state index in [1.54, 1.807) is 0 Å². The molecule has 0 radical (unpaired) electrons. The second-order valence-corrected chi connectivity index (χ2v) is 2.84. The molecule has 5 heteroatoms. The number of carbonyl (C=O) groups excluding carboxylic acids is 1. The monoisotopic (exact) mass is 235 g/mol. The molecule has 0 saturated heterocycles. The molecule has 0 aliphatic heterocycles. The SMILES string of the molecule is O=Cc1nc(Br)ccc1C(F)F. The molecule has 0 aliphatic carbocycles. The lowest BCUT2D eigenvalue weighted by atomic mass is 10.2. The minimum Gasteiger partial charge on any atom is -0.296 e. The van der Waals surface area contributed by atoms with Crippen molar-refractivity contribution in [2.75, 3.05) is 0 Å². The Bertz CT molecular complexity index is 303. The van der Waals surface area contributed by atoms with Gasteiger partial charge in [0.15, 0.2) is 6.29 Å². The molecule has 0 N–H and O–H groups in total. The van der Waals surface area contributed by atoms with Gasteiger partial charge in [0.05, 0.1) is 0 Å². The molecule has 1 aromatic heterocycles. The number of pyridine rings is 1. The van der Waals surface area contributed by atoms with Crippen LogP contribution < -0.4 is 0 Å². The van der Waals surface area contributed by atoms with Gasteiger partial charge in [-0.25, -0.2) is 13.8 Å². The van der Waals surface area contributed by atoms with Gasteiger partial charge in [0.25, 0.3) is 6.43 Å². The lowest BCUT2D eigenvalue weighted by Gasteiger charge is -2.01. The van der Waals surface area contributed by atoms with Gasteiger partial charge in [0.1, 0.15) is 10.3 Å². The second kappa shape index (κ2) is 3.71. The van der Waals surface area contributed by atoms with E-state index in [-0.39, 0.29) is 11.3 Å². The molecule has 1 aromatic rings. The van der Waals surface area contributed by atoms with Crippen LogP contribution in [0.4, 0.5) is 8.78 Å². The molecule has 12 heavy (non-hydrogen) atoms. The Kier molecular flexibility index (Phi) is 2.86. The highest BCUT2D eigenvalue weighted by Crippen LogP contribution is 2.22. The lowest BCUT2D eigenvalue weighted by molar-refractivity contribution is 0.110. The number of nitrogens with zero attached hydrogens (tertiary/aromatic N) is 1. The van der Waals surface area contributed by atoms with Crippen LogP contribution in [0, 0.1) is 0 Å². The number of hydrogen-bond donors (Lipinski definition) is 0. The Hall–Kier alpha value is -0.840. The molecular formula is C7H4BrF2NO. The largest absolute Gasteiger partial charge is 0.296 e. The van der Waals surface area contributed by atoms with Gasteiger partial charge in [0.2, 0.25) is 0 Å². The molecule has 0 bridgehead atoms. The van der Waals surface area contributed by atoms with Crippen LogP contribution in [-0.4, -0.2) is 11.3 Å². The fraction of sp³-hybridized carbons (Fsp3) is 0.143. The van der Waals surface area contributed by atoms with Gasteiger partial charge >= 0.3 is 0 Å². The van der Waals surface area contributed by atoms with Crippen LogP contribution in [0.2, 0.25) is 0 Å². The Morgan fingerprint density at radius 1 is 1.50 bits per heavy atom. The van der Waals surface area contributed by atoms with Gasteiger partial charge in [-0.05, 0) is 28.1 Å². The van der Waals surface area contributed by atoms with Gasteiger partial charge in [-0.15, -0.1) is 0 Å². The molecule has 0 atom stereocenters. The summed E-state index contributed by atoms with van der Waals surface area (Å²) in [5.41, 5.74) is -0.562. The molecular weight excluding hydrogens is 232 g/mol. The van der Waals surface area contributed by atoms with E-state index in [0.29, 0.717) is 10.9 Å². The van der Waals surface area contributed by atoms with Crippen molar-refractivity contribution in [2.45, 2.75) is 6.43 Å². The number of carbonyl (C=O) groups is 1. The van der Waals surface area contributed by atoms with Gasteiger partial charge in [-0.2, -0.15) is 0 Å². The van der Waals surface area contributed by atoms with Crippen molar-refractivity contribution >= 4 is 22.2 Å². The van der Waals surface area contributed by atoms with Crippen molar-refractivity contribution in [1.82, 2.24) is 4.98 Å². The highest BCUT2D eigenvalue weighted by atomic mass is 79.9. The number of halogens is 3. The summed E-state index contributed by atoms with van der Waals surface area (Å²) in [5.74, 6) is 0. The number of alkyl halides is 2. The van der Waals surface area contributed by atoms with E-state index < -0.39 is 6.43 Å². The van der Waals surface area contributed by atoms with Crippen LogP contribution in [0.25, 0.3) is 0 Å². The third-order valence-corrected chi connectivity index (χ3v) is 1.71. The molecule has 2 nitrogen and oxygen atoms in total. The van der Waals surface area contributed by atoms with Crippen LogP contribution in [0.1, 0.15) is 22.5 Å². The Morgan fingerprint density at radius 2 is 2.17 bits per heavy atom. The van der Waals surface area contributed by atoms with E-state index >= 15 is 0 Å². The van der Waals surface area contributed by atoms with Crippen LogP contribution >= 0.6 is 15.9 Å². The molecule has 0 aliphatic rings. The van der Waals surface area contributed by atoms with Crippen molar-refractivity contribution in [3.63, 3.8) is 0 Å². The standard InChI is InChI=1S/C7H4BrF2NO/c8-6-2-1-4(7(9)10)5(3-12)11-6/h1-3,7H. The summed E-state index contributed by atoms with van der Waals surface area (Å²) in [5, 5.41) is 0. The number of hydrogen-bond acceptors (Lipinski definition) is 2. The molecule has 0 aromatic carbocycles. The average molecular weight is 236 g/mol. The quantitative estimate of drug-likeness (QED) is 0.583. The van der Waals surface area contributed by atoms with E-state index in [1.165, 1.54) is 12.1 Å². The van der Waals surface area contributed by atoms with E-state index in [2.05, 4.69) is 20.9 Å². The normalized spacial score (nSPS) is 10.3. The third kappa shape index (κ3) is 1.85. The highest BCUT2D eigenvalue weighted by molar-refractivity contribution is 9.10.